The summed E-state index contributed by atoms with van der Waals surface area (Å²) >= 11 is 0. The Labute approximate surface area is 200 Å². The number of nitrogens with zero attached hydrogens (tertiary/aromatic N) is 4. The van der Waals surface area contributed by atoms with Gasteiger partial charge in [-0.25, -0.2) is 0 Å². The van der Waals surface area contributed by atoms with Crippen molar-refractivity contribution >= 4 is 20.0 Å². The van der Waals surface area contributed by atoms with Crippen LogP contribution in [0.1, 0.15) is 34.6 Å². The van der Waals surface area contributed by atoms with E-state index in [1.165, 1.54) is 27.2 Å². The number of nitriles is 3. The summed E-state index contributed by atoms with van der Waals surface area (Å²) in [6.07, 6.45) is 3.12. The Morgan fingerprint density at radius 1 is 1.00 bits per heavy atom. The average Bonchev–Trinajstić information content (AvgIpc) is 2.65. The first-order valence-corrected chi connectivity index (χ1v) is 9.88. The number of halogens is 6. The standard InChI is InChI=1S/C6H5N2O.C4H10O.3C2H3N.CO.F6P.Fe/c9-5-8-6-3-1-2-4-7-6;1-3-5-4-2;3*1-2-3;1-2;1-7(2,3,4,5)6;/h1-4H,(H,7,8,9);3-4H2,1-2H3;3*1H3;;;/q-1;;;;;;-1;+2. The van der Waals surface area contributed by atoms with Crippen LogP contribution >= 0.6 is 7.81 Å². The predicted octanol–water partition coefficient (Wildman–Crippen LogP) is 6.54. The summed E-state index contributed by atoms with van der Waals surface area (Å²) in [4.78, 5) is 13.5. The van der Waals surface area contributed by atoms with Crippen LogP contribution in [0.4, 0.5) is 31.0 Å². The summed E-state index contributed by atoms with van der Waals surface area (Å²) < 4.78 is 71.5. The fourth-order valence-electron chi connectivity index (χ4n) is 0.693. The number of nitrogens with one attached hydrogen (secondary N) is 1. The topological polar surface area (TPSA) is 142 Å². The molecule has 8 nitrogen and oxygen atoms in total. The molecule has 0 aliphatic carbocycles. The summed E-state index contributed by atoms with van der Waals surface area (Å²) in [5, 5.41) is 24.2. The van der Waals surface area contributed by atoms with Crippen LogP contribution in [0.5, 0.6) is 0 Å². The molecule has 0 atom stereocenters. The molecule has 1 aromatic rings. The molecule has 33 heavy (non-hydrogen) atoms. The summed E-state index contributed by atoms with van der Waals surface area (Å²) in [6.45, 7) is 14.5. The number of anilines is 1. The van der Waals surface area contributed by atoms with Crippen LogP contribution in [0.2, 0.25) is 0 Å². The zero-order valence-corrected chi connectivity index (χ0v) is 20.3. The van der Waals surface area contributed by atoms with E-state index in [4.69, 9.17) is 25.2 Å². The fraction of sp³-hybridized carbons (Fsp3) is 0.412. The molecule has 0 bridgehead atoms. The van der Waals surface area contributed by atoms with Gasteiger partial charge in [0.1, 0.15) is 0 Å². The molecular weight excluding hydrogens is 523 g/mol. The van der Waals surface area contributed by atoms with E-state index in [0.29, 0.717) is 5.82 Å². The molecule has 1 heterocycles. The third kappa shape index (κ3) is 205. The van der Waals surface area contributed by atoms with Crippen LogP contribution in [0.15, 0.2) is 24.4 Å². The van der Waals surface area contributed by atoms with Crippen molar-refractivity contribution in [3.05, 3.63) is 31.0 Å². The van der Waals surface area contributed by atoms with Crippen molar-refractivity contribution in [1.82, 2.24) is 4.98 Å². The molecule has 0 spiro atoms. The SMILES string of the molecule is CC#N.CC#N.CC#N.CCOCC.F[P-](F)(F)(F)(F)F.O=[C-]Nc1ccccn1.[C-]#[O+].[Fe+2]. The van der Waals surface area contributed by atoms with Crippen molar-refractivity contribution in [1.29, 1.82) is 15.8 Å². The number of hydrogen-bond acceptors (Lipinski definition) is 6. The van der Waals surface area contributed by atoms with E-state index in [2.05, 4.69) is 17.0 Å². The van der Waals surface area contributed by atoms with Gasteiger partial charge in [0.2, 0.25) is 0 Å². The largest absolute Gasteiger partial charge is 2.00 e. The van der Waals surface area contributed by atoms with Crippen molar-refractivity contribution < 1.29 is 56.4 Å². The number of hydrogen-bond donors (Lipinski definition) is 1. The maximum atomic E-state index is 9.87. The van der Waals surface area contributed by atoms with Gasteiger partial charge in [0.15, 0.2) is 0 Å². The van der Waals surface area contributed by atoms with Crippen LogP contribution in [-0.2, 0) is 31.3 Å². The van der Waals surface area contributed by atoms with E-state index in [0.717, 1.165) is 13.2 Å². The first-order valence-electron chi connectivity index (χ1n) is 7.86. The molecule has 1 rings (SSSR count). The number of pyridine rings is 1. The second kappa shape index (κ2) is 29.3. The van der Waals surface area contributed by atoms with Gasteiger partial charge in [-0.2, -0.15) is 15.8 Å². The van der Waals surface area contributed by atoms with Gasteiger partial charge >= 0.3 is 61.4 Å². The molecule has 0 fully saturated rings. The van der Waals surface area contributed by atoms with Gasteiger partial charge in [0.25, 0.3) is 0 Å². The van der Waals surface area contributed by atoms with Gasteiger partial charge in [-0.15, -0.1) is 6.07 Å². The normalized spacial score (nSPS) is 9.27. The first-order chi connectivity index (χ1) is 14.5. The quantitative estimate of drug-likeness (QED) is 0.113. The molecule has 1 aromatic heterocycles. The van der Waals surface area contributed by atoms with Crippen molar-refractivity contribution in [3.8, 4) is 18.2 Å². The predicted molar refractivity (Wildman–Crippen MR) is 107 cm³/mol. The summed E-state index contributed by atoms with van der Waals surface area (Å²) in [5.74, 6) is 0.521. The van der Waals surface area contributed by atoms with Crippen LogP contribution in [0.3, 0.4) is 0 Å². The van der Waals surface area contributed by atoms with Gasteiger partial charge in [-0.3, -0.25) is 0 Å². The van der Waals surface area contributed by atoms with E-state index >= 15 is 0 Å². The van der Waals surface area contributed by atoms with Crippen molar-refractivity contribution in [3.63, 3.8) is 0 Å². The molecule has 0 radical (unpaired) electrons. The van der Waals surface area contributed by atoms with Crippen LogP contribution in [0, 0.1) is 40.6 Å². The van der Waals surface area contributed by atoms with E-state index in [1.807, 2.05) is 13.8 Å². The Morgan fingerprint density at radius 2 is 1.30 bits per heavy atom. The number of ether oxygens (including phenoxy) is 1. The molecule has 0 unspecified atom stereocenters. The molecule has 0 aliphatic rings. The molecule has 16 heteroatoms. The number of amides is 1. The first kappa shape index (κ1) is 47.9. The van der Waals surface area contributed by atoms with Gasteiger partial charge < -0.3 is 19.8 Å². The van der Waals surface area contributed by atoms with Crippen molar-refractivity contribution in [2.75, 3.05) is 18.5 Å². The van der Waals surface area contributed by atoms with Gasteiger partial charge in [-0.1, -0.05) is 6.07 Å². The minimum absolute atomic E-state index is 0. The minimum atomic E-state index is -10.7. The Hall–Kier alpha value is -2.68. The van der Waals surface area contributed by atoms with E-state index in [9.17, 15) is 30.0 Å². The second-order valence-electron chi connectivity index (χ2n) is 3.85. The van der Waals surface area contributed by atoms with Crippen molar-refractivity contribution in [2.45, 2.75) is 34.6 Å². The van der Waals surface area contributed by atoms with Crippen LogP contribution < -0.4 is 5.32 Å². The monoisotopic (exact) mass is 547 g/mol. The second-order valence-corrected chi connectivity index (χ2v) is 5.77. The maximum absolute atomic E-state index is 10.7. The Morgan fingerprint density at radius 3 is 1.45 bits per heavy atom. The van der Waals surface area contributed by atoms with Gasteiger partial charge in [-0.05, 0) is 25.7 Å². The summed E-state index contributed by atoms with van der Waals surface area (Å²) in [5.41, 5.74) is 0. The smallest absolute Gasteiger partial charge is 2.00 e. The minimum Gasteiger partial charge on any atom is 2.00 e. The van der Waals surface area contributed by atoms with Crippen LogP contribution in [-0.4, -0.2) is 24.6 Å². The summed E-state index contributed by atoms with van der Waals surface area (Å²) in [6, 6.07) is 10.5. The fourth-order valence-corrected chi connectivity index (χ4v) is 0.693. The number of aromatic nitrogens is 1. The zero-order chi connectivity index (χ0) is 27.2. The van der Waals surface area contributed by atoms with Crippen LogP contribution in [0.25, 0.3) is 0 Å². The zero-order valence-electron chi connectivity index (χ0n) is 18.3. The molecule has 1 amide bonds. The number of carbonyl (C=O) groups excluding carboxylic acids is 1. The maximum Gasteiger partial charge on any atom is 2.00 e. The molecule has 0 aliphatic heterocycles. The molecule has 190 valence electrons. The third-order valence-electron chi connectivity index (χ3n) is 1.25. The van der Waals surface area contributed by atoms with Gasteiger partial charge in [0, 0.05) is 40.2 Å². The number of rotatable bonds is 4. The Kier molecular flexibility index (Phi) is 42.6. The molecule has 0 saturated carbocycles. The summed E-state index contributed by atoms with van der Waals surface area (Å²) in [7, 11) is -10.7. The third-order valence-corrected chi connectivity index (χ3v) is 1.25. The van der Waals surface area contributed by atoms with Crippen molar-refractivity contribution in [2.24, 2.45) is 0 Å². The molecule has 0 aromatic carbocycles. The van der Waals surface area contributed by atoms with E-state index < -0.39 is 7.81 Å². The molecule has 0 saturated heterocycles. The van der Waals surface area contributed by atoms with Gasteiger partial charge in [0.05, 0.1) is 24.6 Å². The van der Waals surface area contributed by atoms with E-state index in [1.54, 1.807) is 42.6 Å². The molecular formula is C17H24F6FeN5O3P. The Bertz CT molecular complexity index is 647. The Balaban J connectivity index is -0.0000000510. The average molecular weight is 547 g/mol. The van der Waals surface area contributed by atoms with E-state index in [-0.39, 0.29) is 17.1 Å². The molecule has 1 N–H and O–H groups in total.